The van der Waals surface area contributed by atoms with E-state index in [1.54, 1.807) is 0 Å². The van der Waals surface area contributed by atoms with Crippen molar-refractivity contribution in [1.82, 2.24) is 0 Å². The van der Waals surface area contributed by atoms with E-state index in [-0.39, 0.29) is 12.5 Å². The van der Waals surface area contributed by atoms with Crippen molar-refractivity contribution in [2.75, 3.05) is 11.3 Å². The van der Waals surface area contributed by atoms with Crippen molar-refractivity contribution in [1.29, 1.82) is 0 Å². The Labute approximate surface area is 151 Å². The Morgan fingerprint density at radius 3 is 2.28 bits per heavy atom. The van der Waals surface area contributed by atoms with Gasteiger partial charge < -0.3 is 9.66 Å². The van der Waals surface area contributed by atoms with Crippen LogP contribution in [0.5, 0.6) is 0 Å². The molecule has 3 nitrogen and oxygen atoms in total. The number of anilines is 1. The summed E-state index contributed by atoms with van der Waals surface area (Å²) < 4.78 is 15.6. The lowest BCUT2D eigenvalue weighted by Crippen LogP contribution is -2.13. The average molecular weight is 351 g/mol. The van der Waals surface area contributed by atoms with Crippen molar-refractivity contribution in [2.24, 2.45) is 0 Å². The van der Waals surface area contributed by atoms with E-state index in [0.717, 1.165) is 27.3 Å². The van der Waals surface area contributed by atoms with Crippen molar-refractivity contribution in [3.63, 3.8) is 0 Å². The van der Waals surface area contributed by atoms with Gasteiger partial charge in [0.1, 0.15) is 11.4 Å². The van der Waals surface area contributed by atoms with Crippen LogP contribution in [0, 0.1) is 0 Å². The van der Waals surface area contributed by atoms with Crippen LogP contribution in [-0.4, -0.2) is 16.3 Å². The molecule has 0 aliphatic rings. The van der Waals surface area contributed by atoms with Crippen LogP contribution in [0.25, 0.3) is 11.1 Å². The molecule has 3 rings (SSSR count). The highest BCUT2D eigenvalue weighted by Crippen LogP contribution is 2.24. The summed E-state index contributed by atoms with van der Waals surface area (Å²) in [5.74, 6) is 0.0559. The SMILES string of the molecule is C[C@H](CO)c1cccc(N[S+]([O-])c2ccc(-c3ccccc3)cc2)c1. The van der Waals surface area contributed by atoms with Gasteiger partial charge in [-0.15, -0.1) is 0 Å². The number of aliphatic hydroxyl groups is 1. The van der Waals surface area contributed by atoms with Crippen LogP contribution >= 0.6 is 0 Å². The van der Waals surface area contributed by atoms with Crippen molar-refractivity contribution in [2.45, 2.75) is 17.7 Å². The molecule has 2 N–H and O–H groups in total. The van der Waals surface area contributed by atoms with Gasteiger partial charge in [-0.25, -0.2) is 4.72 Å². The maximum Gasteiger partial charge on any atom is 0.179 e. The molecule has 3 aromatic carbocycles. The molecule has 25 heavy (non-hydrogen) atoms. The highest BCUT2D eigenvalue weighted by atomic mass is 32.2. The van der Waals surface area contributed by atoms with Crippen LogP contribution in [0.15, 0.2) is 83.8 Å². The second kappa shape index (κ2) is 8.21. The Hall–Kier alpha value is -2.27. The minimum Gasteiger partial charge on any atom is -0.588 e. The highest BCUT2D eigenvalue weighted by Gasteiger charge is 2.13. The molecule has 0 radical (unpaired) electrons. The molecular weight excluding hydrogens is 330 g/mol. The minimum absolute atomic E-state index is 0.0559. The van der Waals surface area contributed by atoms with Crippen molar-refractivity contribution in [3.05, 3.63) is 84.4 Å². The third-order valence-electron chi connectivity index (χ3n) is 4.12. The predicted molar refractivity (Wildman–Crippen MR) is 104 cm³/mol. The van der Waals surface area contributed by atoms with Gasteiger partial charge in [-0.3, -0.25) is 0 Å². The molecule has 128 valence electrons. The van der Waals surface area contributed by atoms with Crippen LogP contribution in [0.4, 0.5) is 5.69 Å². The third kappa shape index (κ3) is 4.42. The van der Waals surface area contributed by atoms with E-state index in [9.17, 15) is 9.66 Å². The van der Waals surface area contributed by atoms with E-state index in [2.05, 4.69) is 16.9 Å². The van der Waals surface area contributed by atoms with Crippen molar-refractivity contribution in [3.8, 4) is 11.1 Å². The molecule has 0 saturated heterocycles. The molecular formula is C21H21NO2S. The first-order valence-electron chi connectivity index (χ1n) is 8.22. The molecule has 0 aliphatic heterocycles. The largest absolute Gasteiger partial charge is 0.588 e. The quantitative estimate of drug-likeness (QED) is 0.639. The van der Waals surface area contributed by atoms with E-state index in [4.69, 9.17) is 0 Å². The normalized spacial score (nSPS) is 13.2. The average Bonchev–Trinajstić information content (AvgIpc) is 2.68. The fraction of sp³-hybridized carbons (Fsp3) is 0.143. The molecule has 0 bridgehead atoms. The lowest BCUT2D eigenvalue weighted by molar-refractivity contribution is 0.273. The molecule has 0 aliphatic carbocycles. The van der Waals surface area contributed by atoms with Gasteiger partial charge in [-0.1, -0.05) is 49.4 Å². The zero-order chi connectivity index (χ0) is 17.6. The number of benzene rings is 3. The van der Waals surface area contributed by atoms with Gasteiger partial charge in [0.2, 0.25) is 0 Å². The zero-order valence-corrected chi connectivity index (χ0v) is 14.9. The number of hydrogen-bond acceptors (Lipinski definition) is 3. The van der Waals surface area contributed by atoms with E-state index >= 15 is 0 Å². The van der Waals surface area contributed by atoms with Gasteiger partial charge in [0.25, 0.3) is 0 Å². The van der Waals surface area contributed by atoms with Crippen LogP contribution < -0.4 is 4.72 Å². The lowest BCUT2D eigenvalue weighted by atomic mass is 10.0. The standard InChI is InChI=1S/C21H21NO2S/c1-16(15-23)19-8-5-9-20(14-19)22-25(24)21-12-10-18(11-13-21)17-6-3-2-4-7-17/h2-14,16,22-23H,15H2,1H3/t16-,25?/m1/s1. The third-order valence-corrected chi connectivity index (χ3v) is 5.24. The van der Waals surface area contributed by atoms with E-state index in [1.165, 1.54) is 0 Å². The van der Waals surface area contributed by atoms with Gasteiger partial charge in [0.05, 0.1) is 5.69 Å². The first-order chi connectivity index (χ1) is 12.2. The maximum absolute atomic E-state index is 12.6. The Bertz CT molecular complexity index is 806. The van der Waals surface area contributed by atoms with E-state index in [0.29, 0.717) is 0 Å². The fourth-order valence-electron chi connectivity index (χ4n) is 2.58. The second-order valence-corrected chi connectivity index (χ2v) is 7.18. The Morgan fingerprint density at radius 2 is 1.60 bits per heavy atom. The Kier molecular flexibility index (Phi) is 5.76. The topological polar surface area (TPSA) is 55.3 Å². The maximum atomic E-state index is 12.6. The van der Waals surface area contributed by atoms with Crippen LogP contribution in [0.1, 0.15) is 18.4 Å². The second-order valence-electron chi connectivity index (χ2n) is 5.97. The molecule has 0 aromatic heterocycles. The smallest absolute Gasteiger partial charge is 0.179 e. The molecule has 0 spiro atoms. The molecule has 0 heterocycles. The monoisotopic (exact) mass is 351 g/mol. The van der Waals surface area contributed by atoms with Crippen LogP contribution in [-0.2, 0) is 11.4 Å². The van der Waals surface area contributed by atoms with E-state index < -0.39 is 11.4 Å². The predicted octanol–water partition coefficient (Wildman–Crippen LogP) is 4.58. The Morgan fingerprint density at radius 1 is 0.920 bits per heavy atom. The lowest BCUT2D eigenvalue weighted by Gasteiger charge is -2.14. The van der Waals surface area contributed by atoms with Gasteiger partial charge in [0, 0.05) is 12.5 Å². The summed E-state index contributed by atoms with van der Waals surface area (Å²) in [7, 11) is 0. The number of rotatable bonds is 6. The fourth-order valence-corrected chi connectivity index (χ4v) is 3.42. The van der Waals surface area contributed by atoms with Crippen LogP contribution in [0.2, 0.25) is 0 Å². The first-order valence-corrected chi connectivity index (χ1v) is 9.37. The number of aliphatic hydroxyl groups excluding tert-OH is 1. The number of nitrogens with one attached hydrogen (secondary N) is 1. The Balaban J connectivity index is 1.72. The van der Waals surface area contributed by atoms with E-state index in [1.807, 2.05) is 73.7 Å². The summed E-state index contributed by atoms with van der Waals surface area (Å²) in [5, 5.41) is 9.28. The number of hydrogen-bond donors (Lipinski definition) is 2. The summed E-state index contributed by atoms with van der Waals surface area (Å²) in [6.45, 7) is 2.05. The summed E-state index contributed by atoms with van der Waals surface area (Å²) in [6, 6.07) is 25.5. The van der Waals surface area contributed by atoms with Gasteiger partial charge in [-0.2, -0.15) is 0 Å². The summed E-state index contributed by atoms with van der Waals surface area (Å²) in [4.78, 5) is 0.722. The zero-order valence-electron chi connectivity index (χ0n) is 14.1. The highest BCUT2D eigenvalue weighted by molar-refractivity contribution is 7.92. The molecule has 3 aromatic rings. The molecule has 0 fully saturated rings. The summed E-state index contributed by atoms with van der Waals surface area (Å²) in [6.07, 6.45) is 0. The summed E-state index contributed by atoms with van der Waals surface area (Å²) in [5.41, 5.74) is 4.03. The summed E-state index contributed by atoms with van der Waals surface area (Å²) >= 11 is -1.33. The molecule has 0 saturated carbocycles. The van der Waals surface area contributed by atoms with Crippen LogP contribution in [0.3, 0.4) is 0 Å². The van der Waals surface area contributed by atoms with Crippen molar-refractivity contribution >= 4 is 17.0 Å². The minimum atomic E-state index is -1.33. The van der Waals surface area contributed by atoms with Gasteiger partial charge in [-0.05, 0) is 53.1 Å². The molecule has 4 heteroatoms. The van der Waals surface area contributed by atoms with Crippen molar-refractivity contribution < 1.29 is 9.66 Å². The molecule has 1 unspecified atom stereocenters. The van der Waals surface area contributed by atoms with Gasteiger partial charge in [0.15, 0.2) is 4.90 Å². The molecule has 2 atom stereocenters. The molecule has 0 amide bonds. The first kappa shape index (κ1) is 17.5. The van der Waals surface area contributed by atoms with Gasteiger partial charge >= 0.3 is 0 Å².